The van der Waals surface area contributed by atoms with Crippen molar-refractivity contribution in [3.8, 4) is 12.1 Å². The maximum absolute atomic E-state index is 12.3. The molecule has 4 heteroatoms. The van der Waals surface area contributed by atoms with Crippen LogP contribution in [0, 0.1) is 33.5 Å². The zero-order valence-electron chi connectivity index (χ0n) is 11.0. The Bertz CT molecular complexity index is 398. The molecule has 1 rings (SSSR count). The van der Waals surface area contributed by atoms with Crippen LogP contribution in [-0.4, -0.2) is 11.6 Å². The van der Waals surface area contributed by atoms with Gasteiger partial charge in [-0.25, -0.2) is 0 Å². The van der Waals surface area contributed by atoms with Gasteiger partial charge in [-0.15, -0.1) is 0 Å². The van der Waals surface area contributed by atoms with Crippen LogP contribution < -0.4 is 0 Å². The van der Waals surface area contributed by atoms with E-state index in [2.05, 4.69) is 0 Å². The Morgan fingerprint density at radius 3 is 1.72 bits per heavy atom. The number of carbonyl (C=O) groups excluding carboxylic acids is 2. The quantitative estimate of drug-likeness (QED) is 0.714. The summed E-state index contributed by atoms with van der Waals surface area (Å²) in [4.78, 5) is 24.6. The van der Waals surface area contributed by atoms with Crippen LogP contribution in [0.4, 0.5) is 0 Å². The molecule has 0 aromatic carbocycles. The van der Waals surface area contributed by atoms with Gasteiger partial charge in [0.15, 0.2) is 0 Å². The first-order valence-corrected chi connectivity index (χ1v) is 6.18. The van der Waals surface area contributed by atoms with Gasteiger partial charge in [-0.05, 0) is 18.3 Å². The van der Waals surface area contributed by atoms with Gasteiger partial charge in [0, 0.05) is 25.7 Å². The highest BCUT2D eigenvalue weighted by Crippen LogP contribution is 2.45. The molecule has 1 fully saturated rings. The Morgan fingerprint density at radius 2 is 1.39 bits per heavy atom. The van der Waals surface area contributed by atoms with Crippen molar-refractivity contribution in [1.29, 1.82) is 10.5 Å². The van der Waals surface area contributed by atoms with E-state index in [1.807, 2.05) is 26.0 Å². The minimum atomic E-state index is -1.07. The van der Waals surface area contributed by atoms with Gasteiger partial charge in [-0.1, -0.05) is 13.8 Å². The van der Waals surface area contributed by atoms with Crippen LogP contribution in [0.3, 0.4) is 0 Å². The van der Waals surface area contributed by atoms with Crippen molar-refractivity contribution in [1.82, 2.24) is 0 Å². The highest BCUT2D eigenvalue weighted by atomic mass is 16.2. The van der Waals surface area contributed by atoms with E-state index in [1.54, 1.807) is 0 Å². The molecule has 1 aliphatic carbocycles. The lowest BCUT2D eigenvalue weighted by Crippen LogP contribution is -2.47. The molecule has 0 aromatic heterocycles. The van der Waals surface area contributed by atoms with E-state index in [9.17, 15) is 9.59 Å². The number of nitrogens with zero attached hydrogens (tertiary/aromatic N) is 2. The zero-order valence-corrected chi connectivity index (χ0v) is 11.0. The summed E-state index contributed by atoms with van der Waals surface area (Å²) >= 11 is 0. The molecule has 4 nitrogen and oxygen atoms in total. The summed E-state index contributed by atoms with van der Waals surface area (Å²) in [6.07, 6.45) is 1.61. The van der Waals surface area contributed by atoms with Crippen LogP contribution in [0.5, 0.6) is 0 Å². The molecular weight excluding hydrogens is 228 g/mol. The predicted octanol–water partition coefficient (Wildman–Crippen LogP) is 2.54. The highest BCUT2D eigenvalue weighted by molar-refractivity contribution is 6.09. The van der Waals surface area contributed by atoms with Gasteiger partial charge in [-0.3, -0.25) is 9.59 Å². The average Bonchev–Trinajstić information content (AvgIpc) is 2.26. The smallest absolute Gasteiger partial charge is 0.147 e. The van der Waals surface area contributed by atoms with Crippen LogP contribution in [0.15, 0.2) is 0 Å². The van der Waals surface area contributed by atoms with E-state index in [0.29, 0.717) is 12.8 Å². The minimum Gasteiger partial charge on any atom is -0.299 e. The van der Waals surface area contributed by atoms with E-state index < -0.39 is 5.41 Å². The number of hydrogen-bond acceptors (Lipinski definition) is 4. The number of hydrogen-bond donors (Lipinski definition) is 0. The molecule has 0 bridgehead atoms. The summed E-state index contributed by atoms with van der Waals surface area (Å²) in [7, 11) is 0. The number of rotatable bonds is 4. The van der Waals surface area contributed by atoms with Gasteiger partial charge >= 0.3 is 0 Å². The van der Waals surface area contributed by atoms with E-state index >= 15 is 0 Å². The molecular formula is C14H18N2O2. The average molecular weight is 246 g/mol. The molecule has 1 aliphatic rings. The molecule has 0 N–H and O–H groups in total. The maximum Gasteiger partial charge on any atom is 0.147 e. The third-order valence-electron chi connectivity index (χ3n) is 3.67. The molecule has 0 radical (unpaired) electrons. The Morgan fingerprint density at radius 1 is 1.00 bits per heavy atom. The Kier molecular flexibility index (Phi) is 4.24. The molecule has 0 aliphatic heterocycles. The van der Waals surface area contributed by atoms with Gasteiger partial charge in [-0.2, -0.15) is 10.5 Å². The molecule has 18 heavy (non-hydrogen) atoms. The largest absolute Gasteiger partial charge is 0.299 e. The Balaban J connectivity index is 3.02. The molecule has 1 saturated carbocycles. The molecule has 0 heterocycles. The molecule has 0 aromatic rings. The first-order chi connectivity index (χ1) is 8.38. The second-order valence-corrected chi connectivity index (χ2v) is 5.76. The summed E-state index contributed by atoms with van der Waals surface area (Å²) in [5.74, 6) is -0.177. The van der Waals surface area contributed by atoms with Crippen molar-refractivity contribution in [2.75, 3.05) is 0 Å². The fourth-order valence-corrected chi connectivity index (χ4v) is 2.65. The molecule has 96 valence electrons. The first kappa shape index (κ1) is 14.4. The molecule has 0 spiro atoms. The summed E-state index contributed by atoms with van der Waals surface area (Å²) in [6, 6.07) is 3.98. The maximum atomic E-state index is 12.3. The van der Waals surface area contributed by atoms with Crippen molar-refractivity contribution >= 4 is 11.6 Å². The lowest BCUT2D eigenvalue weighted by Gasteiger charge is -2.40. The van der Waals surface area contributed by atoms with Gasteiger partial charge in [0.1, 0.15) is 11.6 Å². The lowest BCUT2D eigenvalue weighted by molar-refractivity contribution is -0.149. The monoisotopic (exact) mass is 246 g/mol. The third-order valence-corrected chi connectivity index (χ3v) is 3.67. The van der Waals surface area contributed by atoms with E-state index in [0.717, 1.165) is 0 Å². The van der Waals surface area contributed by atoms with Crippen LogP contribution >= 0.6 is 0 Å². The standard InChI is InChI=1S/C14H18N2O2/c1-13(2)9-11(17)14(5-3-7-15,6-4-8-16)12(18)10-13/h3-6,9-10H2,1-2H3. The first-order valence-electron chi connectivity index (χ1n) is 6.18. The van der Waals surface area contributed by atoms with Crippen molar-refractivity contribution in [2.24, 2.45) is 10.8 Å². The topological polar surface area (TPSA) is 81.7 Å². The van der Waals surface area contributed by atoms with Gasteiger partial charge in [0.25, 0.3) is 0 Å². The fraction of sp³-hybridized carbons (Fsp3) is 0.714. The second kappa shape index (κ2) is 5.31. The van der Waals surface area contributed by atoms with E-state index in [4.69, 9.17) is 10.5 Å². The van der Waals surface area contributed by atoms with Gasteiger partial charge in [0.05, 0.1) is 17.6 Å². The Labute approximate surface area is 108 Å². The predicted molar refractivity (Wildman–Crippen MR) is 65.2 cm³/mol. The number of ketones is 2. The van der Waals surface area contributed by atoms with E-state index in [-0.39, 0.29) is 42.7 Å². The van der Waals surface area contributed by atoms with Crippen LogP contribution in [0.1, 0.15) is 52.4 Å². The zero-order chi connectivity index (χ0) is 13.8. The van der Waals surface area contributed by atoms with Crippen LogP contribution in [0.2, 0.25) is 0 Å². The summed E-state index contributed by atoms with van der Waals surface area (Å²) in [5, 5.41) is 17.3. The molecule has 0 atom stereocenters. The summed E-state index contributed by atoms with van der Waals surface area (Å²) in [6.45, 7) is 3.81. The molecule has 0 unspecified atom stereocenters. The van der Waals surface area contributed by atoms with E-state index in [1.165, 1.54) is 0 Å². The number of Topliss-reactive ketones (excluding diaryl/α,β-unsaturated/α-hetero) is 2. The van der Waals surface area contributed by atoms with Crippen molar-refractivity contribution in [3.63, 3.8) is 0 Å². The minimum absolute atomic E-state index is 0.0887. The molecule has 0 amide bonds. The third kappa shape index (κ3) is 2.76. The second-order valence-electron chi connectivity index (χ2n) is 5.76. The van der Waals surface area contributed by atoms with Crippen molar-refractivity contribution in [3.05, 3.63) is 0 Å². The van der Waals surface area contributed by atoms with Gasteiger partial charge in [0.2, 0.25) is 0 Å². The lowest BCUT2D eigenvalue weighted by atomic mass is 9.60. The number of carbonyl (C=O) groups is 2. The molecule has 0 saturated heterocycles. The van der Waals surface area contributed by atoms with Crippen LogP contribution in [-0.2, 0) is 9.59 Å². The Hall–Kier alpha value is -1.68. The van der Waals surface area contributed by atoms with Crippen molar-refractivity contribution < 1.29 is 9.59 Å². The van der Waals surface area contributed by atoms with Crippen LogP contribution in [0.25, 0.3) is 0 Å². The highest BCUT2D eigenvalue weighted by Gasteiger charge is 2.50. The normalized spacial score (nSPS) is 21.1. The van der Waals surface area contributed by atoms with Gasteiger partial charge < -0.3 is 0 Å². The van der Waals surface area contributed by atoms with Crippen molar-refractivity contribution in [2.45, 2.75) is 52.4 Å². The summed E-state index contributed by atoms with van der Waals surface area (Å²) in [5.41, 5.74) is -1.36. The SMILES string of the molecule is CC1(C)CC(=O)C(CCC#N)(CCC#N)C(=O)C1. The number of nitriles is 2. The summed E-state index contributed by atoms with van der Waals surface area (Å²) < 4.78 is 0. The fourth-order valence-electron chi connectivity index (χ4n) is 2.65.